The average Bonchev–Trinajstić information content (AvgIpc) is 3.04. The number of amides is 2. The fourth-order valence-corrected chi connectivity index (χ4v) is 3.40. The van der Waals surface area contributed by atoms with Gasteiger partial charge in [-0.25, -0.2) is 4.39 Å². The first-order valence-corrected chi connectivity index (χ1v) is 7.16. The Morgan fingerprint density at radius 2 is 1.83 bits per heavy atom. The monoisotopic (exact) mass is 321 g/mol. The van der Waals surface area contributed by atoms with Crippen LogP contribution in [0.4, 0.5) is 4.39 Å². The first kappa shape index (κ1) is 13.0. The molecule has 0 unspecified atom stereocenters. The Morgan fingerprint density at radius 3 is 2.67 bits per heavy atom. The third-order valence-electron chi connectivity index (χ3n) is 4.32. The Balaban J connectivity index is 2.16. The van der Waals surface area contributed by atoms with Crippen LogP contribution in [0.3, 0.4) is 0 Å². The van der Waals surface area contributed by atoms with Crippen LogP contribution in [0.5, 0.6) is 5.75 Å². The highest BCUT2D eigenvalue weighted by Gasteiger charge is 2.33. The summed E-state index contributed by atoms with van der Waals surface area (Å²) < 4.78 is 13.7. The molecule has 2 amide bonds. The standard InChI is InChI=1S/C17H8FN3O3/c18-6-3-9-12-13(17(24)21-16(12)23)11-8-4-7(22)1-2-10(8)20-15(11)14(9)19-5-6/h1-5,20,22H,(H,21,23,24). The van der Waals surface area contributed by atoms with Gasteiger partial charge in [-0.1, -0.05) is 0 Å². The number of hydrogen-bond acceptors (Lipinski definition) is 4. The molecule has 4 aromatic rings. The van der Waals surface area contributed by atoms with E-state index in [1.54, 1.807) is 6.07 Å². The van der Waals surface area contributed by atoms with E-state index in [1.807, 2.05) is 0 Å². The average molecular weight is 321 g/mol. The molecule has 3 N–H and O–H groups in total. The molecule has 0 spiro atoms. The lowest BCUT2D eigenvalue weighted by molar-refractivity contribution is 0.0880. The molecule has 0 radical (unpaired) electrons. The van der Waals surface area contributed by atoms with Gasteiger partial charge in [0.25, 0.3) is 11.8 Å². The van der Waals surface area contributed by atoms with Crippen molar-refractivity contribution in [2.45, 2.75) is 0 Å². The van der Waals surface area contributed by atoms with E-state index in [1.165, 1.54) is 18.2 Å². The molecule has 1 aliphatic heterocycles. The third kappa shape index (κ3) is 1.45. The largest absolute Gasteiger partial charge is 0.508 e. The van der Waals surface area contributed by atoms with Gasteiger partial charge in [-0.05, 0) is 24.3 Å². The van der Waals surface area contributed by atoms with Crippen LogP contribution < -0.4 is 5.32 Å². The fourth-order valence-electron chi connectivity index (χ4n) is 3.40. The molecule has 0 bridgehead atoms. The maximum absolute atomic E-state index is 13.7. The van der Waals surface area contributed by atoms with E-state index in [4.69, 9.17) is 0 Å². The van der Waals surface area contributed by atoms with Gasteiger partial charge in [0.2, 0.25) is 0 Å². The number of aromatic amines is 1. The van der Waals surface area contributed by atoms with E-state index in [0.717, 1.165) is 6.20 Å². The molecular weight excluding hydrogens is 313 g/mol. The van der Waals surface area contributed by atoms with Crippen molar-refractivity contribution in [3.8, 4) is 5.75 Å². The summed E-state index contributed by atoms with van der Waals surface area (Å²) in [5.74, 6) is -1.68. The normalized spacial score (nSPS) is 13.9. The molecule has 2 aromatic heterocycles. The predicted molar refractivity (Wildman–Crippen MR) is 84.5 cm³/mol. The molecule has 0 saturated heterocycles. The van der Waals surface area contributed by atoms with Crippen molar-refractivity contribution in [3.63, 3.8) is 0 Å². The number of carbonyl (C=O) groups excluding carboxylic acids is 2. The smallest absolute Gasteiger partial charge is 0.259 e. The summed E-state index contributed by atoms with van der Waals surface area (Å²) in [6, 6.07) is 5.89. The molecule has 2 aromatic carbocycles. The second-order valence-electron chi connectivity index (χ2n) is 5.69. The number of nitrogens with one attached hydrogen (secondary N) is 2. The number of fused-ring (bicyclic) bond motifs is 8. The number of imide groups is 1. The van der Waals surface area contributed by atoms with Crippen molar-refractivity contribution in [3.05, 3.63) is 47.4 Å². The van der Waals surface area contributed by atoms with Gasteiger partial charge in [0.05, 0.1) is 28.4 Å². The maximum atomic E-state index is 13.7. The Kier molecular flexibility index (Phi) is 2.21. The van der Waals surface area contributed by atoms with E-state index in [-0.39, 0.29) is 22.3 Å². The third-order valence-corrected chi connectivity index (χ3v) is 4.32. The van der Waals surface area contributed by atoms with Crippen LogP contribution in [0.2, 0.25) is 0 Å². The number of aromatic hydroxyl groups is 1. The van der Waals surface area contributed by atoms with Gasteiger partial charge >= 0.3 is 0 Å². The number of carbonyl (C=O) groups is 2. The van der Waals surface area contributed by atoms with Gasteiger partial charge in [0.15, 0.2) is 0 Å². The van der Waals surface area contributed by atoms with Gasteiger partial charge in [0.1, 0.15) is 11.6 Å². The number of rotatable bonds is 0. The quantitative estimate of drug-likeness (QED) is 0.434. The minimum atomic E-state index is -0.593. The van der Waals surface area contributed by atoms with Crippen LogP contribution in [-0.2, 0) is 0 Å². The number of phenols is 1. The summed E-state index contributed by atoms with van der Waals surface area (Å²) in [6.07, 6.45) is 1.06. The molecule has 3 heterocycles. The van der Waals surface area contributed by atoms with Gasteiger partial charge in [0, 0.05) is 21.7 Å². The van der Waals surface area contributed by atoms with E-state index >= 15 is 0 Å². The zero-order valence-corrected chi connectivity index (χ0v) is 12.0. The SMILES string of the molecule is O=C1NC(=O)c2c1c1cc(F)cnc1c1[nH]c3ccc(O)cc3c21. The molecule has 6 nitrogen and oxygen atoms in total. The predicted octanol–water partition coefficient (Wildman–Crippen LogP) is 2.60. The second-order valence-corrected chi connectivity index (χ2v) is 5.69. The maximum Gasteiger partial charge on any atom is 0.259 e. The molecule has 5 rings (SSSR count). The van der Waals surface area contributed by atoms with Crippen molar-refractivity contribution in [2.24, 2.45) is 0 Å². The summed E-state index contributed by atoms with van der Waals surface area (Å²) in [5.41, 5.74) is 1.88. The lowest BCUT2D eigenvalue weighted by Gasteiger charge is -2.05. The van der Waals surface area contributed by atoms with Crippen molar-refractivity contribution < 1.29 is 19.1 Å². The van der Waals surface area contributed by atoms with Gasteiger partial charge in [-0.3, -0.25) is 19.9 Å². The Bertz CT molecular complexity index is 1240. The lowest BCUT2D eigenvalue weighted by Crippen LogP contribution is -2.20. The van der Waals surface area contributed by atoms with Crippen LogP contribution in [0.15, 0.2) is 30.5 Å². The van der Waals surface area contributed by atoms with Crippen molar-refractivity contribution >= 4 is 44.5 Å². The number of nitrogens with zero attached hydrogens (tertiary/aromatic N) is 1. The summed E-state index contributed by atoms with van der Waals surface area (Å²) in [4.78, 5) is 31.8. The Hall–Kier alpha value is -3.48. The molecule has 116 valence electrons. The van der Waals surface area contributed by atoms with E-state index in [9.17, 15) is 19.1 Å². The molecule has 0 aliphatic carbocycles. The minimum Gasteiger partial charge on any atom is -0.508 e. The van der Waals surface area contributed by atoms with Crippen molar-refractivity contribution in [1.82, 2.24) is 15.3 Å². The zero-order chi connectivity index (χ0) is 16.6. The molecule has 0 atom stereocenters. The van der Waals surface area contributed by atoms with E-state index in [0.29, 0.717) is 27.3 Å². The highest BCUT2D eigenvalue weighted by Crippen LogP contribution is 2.39. The van der Waals surface area contributed by atoms with Crippen molar-refractivity contribution in [2.75, 3.05) is 0 Å². The fraction of sp³-hybridized carbons (Fsp3) is 0. The second kappa shape index (κ2) is 4.08. The Morgan fingerprint density at radius 1 is 1.04 bits per heavy atom. The summed E-state index contributed by atoms with van der Waals surface area (Å²) in [5, 5.41) is 13.4. The summed E-state index contributed by atoms with van der Waals surface area (Å²) in [6.45, 7) is 0. The van der Waals surface area contributed by atoms with Crippen molar-refractivity contribution in [1.29, 1.82) is 0 Å². The number of benzene rings is 2. The molecule has 24 heavy (non-hydrogen) atoms. The number of halogens is 1. The van der Waals surface area contributed by atoms with Crippen LogP contribution in [0.25, 0.3) is 32.7 Å². The van der Waals surface area contributed by atoms with Gasteiger partial charge < -0.3 is 10.1 Å². The lowest BCUT2D eigenvalue weighted by atomic mass is 9.97. The summed E-state index contributed by atoms with van der Waals surface area (Å²) in [7, 11) is 0. The number of pyridine rings is 1. The number of phenolic OH excluding ortho intramolecular Hbond substituents is 1. The van der Waals surface area contributed by atoms with Crippen LogP contribution in [-0.4, -0.2) is 26.9 Å². The minimum absolute atomic E-state index is 0.0362. The van der Waals surface area contributed by atoms with Crippen LogP contribution >= 0.6 is 0 Å². The number of hydrogen-bond donors (Lipinski definition) is 3. The highest BCUT2D eigenvalue weighted by molar-refractivity contribution is 6.36. The molecule has 7 heteroatoms. The number of aromatic nitrogens is 2. The highest BCUT2D eigenvalue weighted by atomic mass is 19.1. The molecular formula is C17H8FN3O3. The Labute approximate surface area is 132 Å². The van der Waals surface area contributed by atoms with E-state index in [2.05, 4.69) is 15.3 Å². The first-order chi connectivity index (χ1) is 11.5. The molecule has 1 aliphatic rings. The molecule has 0 saturated carbocycles. The van der Waals surface area contributed by atoms with E-state index < -0.39 is 17.6 Å². The van der Waals surface area contributed by atoms with Crippen LogP contribution in [0, 0.1) is 5.82 Å². The zero-order valence-electron chi connectivity index (χ0n) is 12.0. The topological polar surface area (TPSA) is 95.1 Å². The van der Waals surface area contributed by atoms with Crippen LogP contribution in [0.1, 0.15) is 20.7 Å². The van der Waals surface area contributed by atoms with Gasteiger partial charge in [-0.2, -0.15) is 0 Å². The number of H-pyrrole nitrogens is 1. The van der Waals surface area contributed by atoms with Gasteiger partial charge in [-0.15, -0.1) is 0 Å². The molecule has 0 fully saturated rings. The summed E-state index contributed by atoms with van der Waals surface area (Å²) >= 11 is 0. The first-order valence-electron chi connectivity index (χ1n) is 7.16.